The highest BCUT2D eigenvalue weighted by Gasteiger charge is 2.37. The standard InChI is InChI=1S/C17H12ClN3O3/c1-24-10-4-5-11-12(8-10)17(23)21(16(11)22)14-7-3-9-2-6-13(18)19-15(9)20-14/h2-8,17,23H,1H3. The molecule has 0 saturated carbocycles. The molecule has 1 unspecified atom stereocenters. The van der Waals surface area contributed by atoms with Gasteiger partial charge in [0.1, 0.15) is 16.7 Å². The maximum absolute atomic E-state index is 12.6. The lowest BCUT2D eigenvalue weighted by molar-refractivity contribution is 0.0933. The molecule has 1 amide bonds. The van der Waals surface area contributed by atoms with Crippen LogP contribution in [0, 0.1) is 0 Å². The van der Waals surface area contributed by atoms with Crippen molar-refractivity contribution >= 4 is 34.4 Å². The summed E-state index contributed by atoms with van der Waals surface area (Å²) in [5.41, 5.74) is 1.32. The van der Waals surface area contributed by atoms with Crippen LogP contribution in [-0.4, -0.2) is 28.1 Å². The molecule has 3 heterocycles. The molecule has 1 N–H and O–H groups in total. The molecule has 120 valence electrons. The maximum Gasteiger partial charge on any atom is 0.262 e. The maximum atomic E-state index is 12.6. The molecule has 0 saturated heterocycles. The Hall–Kier alpha value is -2.70. The molecule has 0 aliphatic carbocycles. The predicted molar refractivity (Wildman–Crippen MR) is 89.3 cm³/mol. The molecular formula is C17H12ClN3O3. The normalized spacial score (nSPS) is 16.5. The first-order chi connectivity index (χ1) is 11.6. The van der Waals surface area contributed by atoms with Crippen molar-refractivity contribution < 1.29 is 14.6 Å². The smallest absolute Gasteiger partial charge is 0.262 e. The Morgan fingerprint density at radius 1 is 1.17 bits per heavy atom. The van der Waals surface area contributed by atoms with Crippen LogP contribution in [0.3, 0.4) is 0 Å². The second-order valence-corrected chi connectivity index (χ2v) is 5.74. The van der Waals surface area contributed by atoms with Gasteiger partial charge in [-0.3, -0.25) is 9.69 Å². The van der Waals surface area contributed by atoms with Gasteiger partial charge in [0.05, 0.1) is 7.11 Å². The van der Waals surface area contributed by atoms with Crippen LogP contribution in [0.2, 0.25) is 5.15 Å². The van der Waals surface area contributed by atoms with E-state index < -0.39 is 6.23 Å². The molecule has 1 aliphatic rings. The highest BCUT2D eigenvalue weighted by molar-refractivity contribution is 6.29. The number of aliphatic hydroxyl groups excluding tert-OH is 1. The van der Waals surface area contributed by atoms with Gasteiger partial charge in [0.2, 0.25) is 0 Å². The zero-order valence-corrected chi connectivity index (χ0v) is 13.4. The molecule has 0 spiro atoms. The molecule has 6 nitrogen and oxygen atoms in total. The Kier molecular flexibility index (Phi) is 3.37. The number of hydrogen-bond donors (Lipinski definition) is 1. The molecule has 0 bridgehead atoms. The predicted octanol–water partition coefficient (Wildman–Crippen LogP) is 2.94. The van der Waals surface area contributed by atoms with Gasteiger partial charge in [-0.15, -0.1) is 0 Å². The fraction of sp³-hybridized carbons (Fsp3) is 0.118. The van der Waals surface area contributed by atoms with Crippen molar-refractivity contribution in [3.05, 3.63) is 58.7 Å². The van der Waals surface area contributed by atoms with E-state index >= 15 is 0 Å². The molecule has 1 aliphatic heterocycles. The lowest BCUT2D eigenvalue weighted by Gasteiger charge is -2.20. The number of halogens is 1. The first-order valence-corrected chi connectivity index (χ1v) is 7.59. The number of fused-ring (bicyclic) bond motifs is 2. The number of aromatic nitrogens is 2. The number of carbonyl (C=O) groups excluding carboxylic acids is 1. The van der Waals surface area contributed by atoms with Crippen molar-refractivity contribution in [2.75, 3.05) is 12.0 Å². The fourth-order valence-corrected chi connectivity index (χ4v) is 2.93. The van der Waals surface area contributed by atoms with Crippen molar-refractivity contribution in [2.45, 2.75) is 6.23 Å². The summed E-state index contributed by atoms with van der Waals surface area (Å²) in [6.07, 6.45) is -1.13. The first kappa shape index (κ1) is 14.9. The van der Waals surface area contributed by atoms with Crippen LogP contribution >= 0.6 is 11.6 Å². The summed E-state index contributed by atoms with van der Waals surface area (Å²) in [5.74, 6) is 0.557. The van der Waals surface area contributed by atoms with Gasteiger partial charge in [-0.05, 0) is 42.5 Å². The summed E-state index contributed by atoms with van der Waals surface area (Å²) >= 11 is 5.90. The molecule has 0 radical (unpaired) electrons. The second-order valence-electron chi connectivity index (χ2n) is 5.35. The number of ether oxygens (including phenoxy) is 1. The number of methoxy groups -OCH3 is 1. The molecule has 24 heavy (non-hydrogen) atoms. The number of carbonyl (C=O) groups is 1. The molecule has 1 aromatic carbocycles. The molecule has 4 rings (SSSR count). The lowest BCUT2D eigenvalue weighted by atomic mass is 10.1. The van der Waals surface area contributed by atoms with E-state index in [1.807, 2.05) is 0 Å². The van der Waals surface area contributed by atoms with Crippen LogP contribution in [0.4, 0.5) is 5.82 Å². The highest BCUT2D eigenvalue weighted by atomic mass is 35.5. The third-order valence-corrected chi connectivity index (χ3v) is 4.19. The van der Waals surface area contributed by atoms with Gasteiger partial charge in [-0.2, -0.15) is 0 Å². The molecule has 0 fully saturated rings. The van der Waals surface area contributed by atoms with Crippen LogP contribution in [0.15, 0.2) is 42.5 Å². The van der Waals surface area contributed by atoms with Crippen LogP contribution in [0.5, 0.6) is 5.75 Å². The van der Waals surface area contributed by atoms with E-state index in [-0.39, 0.29) is 5.91 Å². The zero-order valence-electron chi connectivity index (χ0n) is 12.6. The summed E-state index contributed by atoms with van der Waals surface area (Å²) < 4.78 is 5.15. The van der Waals surface area contributed by atoms with Crippen molar-refractivity contribution in [1.82, 2.24) is 9.97 Å². The number of amides is 1. The number of anilines is 1. The van der Waals surface area contributed by atoms with Gasteiger partial charge in [0.25, 0.3) is 5.91 Å². The number of rotatable bonds is 2. The van der Waals surface area contributed by atoms with E-state index in [0.717, 1.165) is 5.39 Å². The van der Waals surface area contributed by atoms with E-state index in [1.54, 1.807) is 42.5 Å². The molecule has 2 aromatic heterocycles. The van der Waals surface area contributed by atoms with Crippen molar-refractivity contribution in [2.24, 2.45) is 0 Å². The fourth-order valence-electron chi connectivity index (χ4n) is 2.79. The average Bonchev–Trinajstić information content (AvgIpc) is 2.84. The van der Waals surface area contributed by atoms with E-state index in [0.29, 0.717) is 33.5 Å². The highest BCUT2D eigenvalue weighted by Crippen LogP contribution is 2.37. The Labute approximate surface area is 142 Å². The van der Waals surface area contributed by atoms with Crippen LogP contribution in [0.1, 0.15) is 22.1 Å². The van der Waals surface area contributed by atoms with Crippen LogP contribution < -0.4 is 9.64 Å². The van der Waals surface area contributed by atoms with E-state index in [1.165, 1.54) is 12.0 Å². The first-order valence-electron chi connectivity index (χ1n) is 7.21. The number of benzene rings is 1. The summed E-state index contributed by atoms with van der Waals surface area (Å²) in [5, 5.41) is 11.7. The third kappa shape index (κ3) is 2.19. The topological polar surface area (TPSA) is 75.6 Å². The van der Waals surface area contributed by atoms with E-state index in [2.05, 4.69) is 9.97 Å². The minimum atomic E-state index is -1.13. The Morgan fingerprint density at radius 2 is 1.96 bits per heavy atom. The van der Waals surface area contributed by atoms with Gasteiger partial charge < -0.3 is 9.84 Å². The van der Waals surface area contributed by atoms with Gasteiger partial charge in [-0.25, -0.2) is 9.97 Å². The Morgan fingerprint density at radius 3 is 2.75 bits per heavy atom. The average molecular weight is 342 g/mol. The summed E-state index contributed by atoms with van der Waals surface area (Å²) in [6.45, 7) is 0. The zero-order chi connectivity index (χ0) is 16.8. The van der Waals surface area contributed by atoms with Gasteiger partial charge >= 0.3 is 0 Å². The SMILES string of the molecule is COc1ccc2c(c1)C(O)N(c1ccc3ccc(Cl)nc3n1)C2=O. The van der Waals surface area contributed by atoms with Gasteiger partial charge in [-0.1, -0.05) is 11.6 Å². The Bertz CT molecular complexity index is 976. The van der Waals surface area contributed by atoms with Crippen molar-refractivity contribution in [3.63, 3.8) is 0 Å². The lowest BCUT2D eigenvalue weighted by Crippen LogP contribution is -2.28. The Balaban J connectivity index is 1.81. The summed E-state index contributed by atoms with van der Waals surface area (Å²) in [7, 11) is 1.53. The number of hydrogen-bond acceptors (Lipinski definition) is 5. The third-order valence-electron chi connectivity index (χ3n) is 3.98. The minimum Gasteiger partial charge on any atom is -0.497 e. The number of aliphatic hydroxyl groups is 1. The van der Waals surface area contributed by atoms with E-state index in [9.17, 15) is 9.90 Å². The van der Waals surface area contributed by atoms with Gasteiger partial charge in [0, 0.05) is 16.5 Å². The van der Waals surface area contributed by atoms with Gasteiger partial charge in [0.15, 0.2) is 11.9 Å². The van der Waals surface area contributed by atoms with Crippen LogP contribution in [0.25, 0.3) is 11.0 Å². The molecule has 3 aromatic rings. The number of pyridine rings is 2. The van der Waals surface area contributed by atoms with Crippen LogP contribution in [-0.2, 0) is 0 Å². The monoisotopic (exact) mass is 341 g/mol. The number of nitrogens with zero attached hydrogens (tertiary/aromatic N) is 3. The largest absolute Gasteiger partial charge is 0.497 e. The van der Waals surface area contributed by atoms with E-state index in [4.69, 9.17) is 16.3 Å². The second kappa shape index (κ2) is 5.43. The minimum absolute atomic E-state index is 0.310. The molecule has 1 atom stereocenters. The molecule has 7 heteroatoms. The quantitative estimate of drug-likeness (QED) is 0.725. The molecular weight excluding hydrogens is 330 g/mol. The van der Waals surface area contributed by atoms with Crippen molar-refractivity contribution in [3.8, 4) is 5.75 Å². The summed E-state index contributed by atoms with van der Waals surface area (Å²) in [6, 6.07) is 11.9. The summed E-state index contributed by atoms with van der Waals surface area (Å²) in [4.78, 5) is 22.4. The van der Waals surface area contributed by atoms with Crippen molar-refractivity contribution in [1.29, 1.82) is 0 Å².